The third kappa shape index (κ3) is 3.79. The highest BCUT2D eigenvalue weighted by atomic mass is 32.1. The van der Waals surface area contributed by atoms with Crippen LogP contribution in [-0.2, 0) is 9.53 Å². The zero-order valence-corrected chi connectivity index (χ0v) is 17.5. The van der Waals surface area contributed by atoms with E-state index < -0.39 is 12.0 Å². The van der Waals surface area contributed by atoms with Gasteiger partial charge in [0.15, 0.2) is 4.80 Å². The van der Waals surface area contributed by atoms with Gasteiger partial charge in [-0.25, -0.2) is 9.79 Å². The number of esters is 1. The van der Waals surface area contributed by atoms with E-state index in [4.69, 9.17) is 4.74 Å². The third-order valence-corrected chi connectivity index (χ3v) is 6.36. The van der Waals surface area contributed by atoms with Crippen LogP contribution in [-0.4, -0.2) is 17.6 Å². The summed E-state index contributed by atoms with van der Waals surface area (Å²) in [5, 5.41) is 1.97. The predicted molar refractivity (Wildman–Crippen MR) is 116 cm³/mol. The van der Waals surface area contributed by atoms with Gasteiger partial charge in [-0.2, -0.15) is 0 Å². The van der Waals surface area contributed by atoms with E-state index in [-0.39, 0.29) is 5.56 Å². The number of rotatable bonds is 4. The first kappa shape index (κ1) is 19.3. The Morgan fingerprint density at radius 2 is 2.00 bits per heavy atom. The molecular formula is C22H18N2O3S2. The van der Waals surface area contributed by atoms with Crippen LogP contribution in [0.3, 0.4) is 0 Å². The zero-order chi connectivity index (χ0) is 20.4. The number of hydrogen-bond donors (Lipinski definition) is 0. The second kappa shape index (κ2) is 8.14. The normalized spacial score (nSPS) is 16.8. The predicted octanol–water partition coefficient (Wildman–Crippen LogP) is 3.13. The van der Waals surface area contributed by atoms with Crippen LogP contribution in [0.15, 0.2) is 75.0 Å². The summed E-state index contributed by atoms with van der Waals surface area (Å²) >= 11 is 2.89. The van der Waals surface area contributed by atoms with Crippen molar-refractivity contribution in [2.75, 3.05) is 7.11 Å². The Kier molecular flexibility index (Phi) is 5.42. The summed E-state index contributed by atoms with van der Waals surface area (Å²) in [6.45, 7) is 1.77. The van der Waals surface area contributed by atoms with Crippen LogP contribution >= 0.6 is 22.7 Å². The minimum absolute atomic E-state index is 0.168. The van der Waals surface area contributed by atoms with E-state index in [9.17, 15) is 9.59 Å². The number of benzene rings is 1. The quantitative estimate of drug-likeness (QED) is 0.607. The van der Waals surface area contributed by atoms with Gasteiger partial charge < -0.3 is 4.74 Å². The van der Waals surface area contributed by atoms with Gasteiger partial charge in [0.2, 0.25) is 0 Å². The molecule has 0 saturated heterocycles. The van der Waals surface area contributed by atoms with Gasteiger partial charge in [-0.3, -0.25) is 9.36 Å². The van der Waals surface area contributed by atoms with E-state index >= 15 is 0 Å². The molecule has 2 aromatic heterocycles. The van der Waals surface area contributed by atoms with Crippen molar-refractivity contribution in [3.8, 4) is 0 Å². The lowest BCUT2D eigenvalue weighted by Crippen LogP contribution is -2.38. The fourth-order valence-electron chi connectivity index (χ4n) is 3.19. The molecule has 1 atom stereocenters. The number of aromatic nitrogens is 1. The van der Waals surface area contributed by atoms with Gasteiger partial charge in [-0.1, -0.05) is 59.9 Å². The van der Waals surface area contributed by atoms with Crippen LogP contribution in [0.2, 0.25) is 0 Å². The van der Waals surface area contributed by atoms with E-state index in [1.807, 2.05) is 66.1 Å². The zero-order valence-electron chi connectivity index (χ0n) is 15.9. The molecule has 0 radical (unpaired) electrons. The number of thiazole rings is 1. The first-order valence-electron chi connectivity index (χ1n) is 8.96. The number of carbonyl (C=O) groups is 1. The van der Waals surface area contributed by atoms with Crippen molar-refractivity contribution >= 4 is 40.8 Å². The van der Waals surface area contributed by atoms with Crippen molar-refractivity contribution < 1.29 is 9.53 Å². The Bertz CT molecular complexity index is 1280. The molecule has 29 heavy (non-hydrogen) atoms. The maximum absolute atomic E-state index is 13.2. The number of fused-ring (bicyclic) bond motifs is 1. The van der Waals surface area contributed by atoms with Crippen LogP contribution < -0.4 is 14.9 Å². The van der Waals surface area contributed by atoms with Gasteiger partial charge in [-0.15, -0.1) is 11.3 Å². The maximum atomic E-state index is 13.2. The van der Waals surface area contributed by atoms with Crippen LogP contribution in [0.4, 0.5) is 0 Å². The Morgan fingerprint density at radius 3 is 2.69 bits per heavy atom. The summed E-state index contributed by atoms with van der Waals surface area (Å²) in [6.07, 6.45) is 5.62. The average molecular weight is 423 g/mol. The smallest absolute Gasteiger partial charge is 0.338 e. The molecule has 0 bridgehead atoms. The van der Waals surface area contributed by atoms with E-state index in [2.05, 4.69) is 4.99 Å². The Hall–Kier alpha value is -3.03. The van der Waals surface area contributed by atoms with E-state index in [0.717, 1.165) is 10.4 Å². The molecular weight excluding hydrogens is 404 g/mol. The lowest BCUT2D eigenvalue weighted by molar-refractivity contribution is -0.136. The summed E-state index contributed by atoms with van der Waals surface area (Å²) < 4.78 is 7.14. The van der Waals surface area contributed by atoms with Crippen molar-refractivity contribution in [3.05, 3.63) is 95.3 Å². The second-order valence-corrected chi connectivity index (χ2v) is 8.39. The highest BCUT2D eigenvalue weighted by Gasteiger charge is 2.29. The molecule has 0 spiro atoms. The van der Waals surface area contributed by atoms with Crippen molar-refractivity contribution in [2.45, 2.75) is 13.0 Å². The summed E-state index contributed by atoms with van der Waals surface area (Å²) in [4.78, 5) is 31.8. The Labute approximate surface area is 175 Å². The fourth-order valence-corrected chi connectivity index (χ4v) is 4.96. The summed E-state index contributed by atoms with van der Waals surface area (Å²) in [5.41, 5.74) is 1.74. The molecule has 3 aromatic rings. The standard InChI is InChI=1S/C22H18N2O3S2/c1-14-19(21(26)27-2)17(11-10-15-7-4-3-5-8-15)24-20(25)18(29-22(24)23-14)13-16-9-6-12-28-16/h3-13,17H,1-2H3/b11-10+,18-13+/t17-/m1/s1. The van der Waals surface area contributed by atoms with E-state index in [1.54, 1.807) is 22.8 Å². The summed E-state index contributed by atoms with van der Waals surface area (Å²) in [7, 11) is 1.34. The number of hydrogen-bond acceptors (Lipinski definition) is 6. The van der Waals surface area contributed by atoms with Gasteiger partial charge in [-0.05, 0) is 30.0 Å². The summed E-state index contributed by atoms with van der Waals surface area (Å²) in [5.74, 6) is -0.485. The molecule has 0 amide bonds. The number of nitrogens with zero attached hydrogens (tertiary/aromatic N) is 2. The molecule has 3 heterocycles. The molecule has 0 fully saturated rings. The van der Waals surface area contributed by atoms with Crippen molar-refractivity contribution in [1.29, 1.82) is 0 Å². The topological polar surface area (TPSA) is 60.7 Å². The van der Waals surface area contributed by atoms with Crippen molar-refractivity contribution in [3.63, 3.8) is 0 Å². The molecule has 1 aliphatic rings. The van der Waals surface area contributed by atoms with Gasteiger partial charge in [0.1, 0.15) is 0 Å². The molecule has 0 saturated carbocycles. The van der Waals surface area contributed by atoms with Crippen molar-refractivity contribution in [1.82, 2.24) is 4.57 Å². The van der Waals surface area contributed by atoms with Gasteiger partial charge >= 0.3 is 5.97 Å². The first-order valence-corrected chi connectivity index (χ1v) is 10.7. The van der Waals surface area contributed by atoms with Gasteiger partial charge in [0, 0.05) is 4.88 Å². The highest BCUT2D eigenvalue weighted by molar-refractivity contribution is 7.11. The largest absolute Gasteiger partial charge is 0.466 e. The maximum Gasteiger partial charge on any atom is 0.338 e. The van der Waals surface area contributed by atoms with Crippen molar-refractivity contribution in [2.24, 2.45) is 4.99 Å². The highest BCUT2D eigenvalue weighted by Crippen LogP contribution is 2.26. The van der Waals surface area contributed by atoms with Gasteiger partial charge in [0.25, 0.3) is 5.56 Å². The number of allylic oxidation sites excluding steroid dienone is 2. The number of methoxy groups -OCH3 is 1. The molecule has 5 nitrogen and oxygen atoms in total. The fraction of sp³-hybridized carbons (Fsp3) is 0.136. The monoisotopic (exact) mass is 422 g/mol. The molecule has 1 aromatic carbocycles. The third-order valence-electron chi connectivity index (χ3n) is 4.56. The average Bonchev–Trinajstić information content (AvgIpc) is 3.34. The Morgan fingerprint density at radius 1 is 1.21 bits per heavy atom. The summed E-state index contributed by atoms with van der Waals surface area (Å²) in [6, 6.07) is 13.1. The lowest BCUT2D eigenvalue weighted by Gasteiger charge is -2.21. The number of thiophene rings is 1. The number of ether oxygens (including phenoxy) is 1. The molecule has 0 N–H and O–H groups in total. The first-order chi connectivity index (χ1) is 14.1. The van der Waals surface area contributed by atoms with E-state index in [0.29, 0.717) is 20.6 Å². The molecule has 0 unspecified atom stereocenters. The Balaban J connectivity index is 1.89. The lowest BCUT2D eigenvalue weighted by atomic mass is 10.0. The second-order valence-electron chi connectivity index (χ2n) is 6.40. The molecule has 0 aliphatic carbocycles. The van der Waals surface area contributed by atoms with Crippen LogP contribution in [0.5, 0.6) is 0 Å². The van der Waals surface area contributed by atoms with Crippen LogP contribution in [0, 0.1) is 0 Å². The van der Waals surface area contributed by atoms with Crippen LogP contribution in [0.25, 0.3) is 12.2 Å². The van der Waals surface area contributed by atoms with Gasteiger partial charge in [0.05, 0.1) is 29.0 Å². The molecule has 7 heteroatoms. The van der Waals surface area contributed by atoms with E-state index in [1.165, 1.54) is 18.4 Å². The molecule has 4 rings (SSSR count). The minimum Gasteiger partial charge on any atom is -0.466 e. The number of carbonyl (C=O) groups excluding carboxylic acids is 1. The molecule has 1 aliphatic heterocycles. The van der Waals surface area contributed by atoms with Crippen LogP contribution in [0.1, 0.15) is 23.4 Å². The molecule has 146 valence electrons. The minimum atomic E-state index is -0.579. The SMILES string of the molecule is COC(=O)C1=C(C)N=c2s/c(=C/c3cccs3)c(=O)n2[C@@H]1/C=C/c1ccccc1.